The smallest absolute Gasteiger partial charge is 0.341 e. The Bertz CT molecular complexity index is 558. The van der Waals surface area contributed by atoms with Crippen LogP contribution in [-0.4, -0.2) is 21.3 Å². The second kappa shape index (κ2) is 4.61. The molecule has 1 aromatic heterocycles. The van der Waals surface area contributed by atoms with Gasteiger partial charge in [-0.15, -0.1) is 10.2 Å². The molecule has 0 radical (unpaired) electrons. The van der Waals surface area contributed by atoms with E-state index in [9.17, 15) is 4.79 Å². The maximum Gasteiger partial charge on any atom is 0.341 e. The number of carbonyl (C=O) groups is 1. The van der Waals surface area contributed by atoms with Crippen LogP contribution in [0.3, 0.4) is 0 Å². The van der Waals surface area contributed by atoms with E-state index in [4.69, 9.17) is 9.52 Å². The second-order valence-electron chi connectivity index (χ2n) is 3.40. The van der Waals surface area contributed by atoms with Crippen molar-refractivity contribution in [1.82, 2.24) is 10.2 Å². The number of aliphatic carboxylic acids is 1. The summed E-state index contributed by atoms with van der Waals surface area (Å²) in [6, 6.07) is 9.10. The maximum atomic E-state index is 11.1. The number of nitrogens with zero attached hydrogens (tertiary/aromatic N) is 2. The summed E-state index contributed by atoms with van der Waals surface area (Å²) in [4.78, 5) is 11.1. The van der Waals surface area contributed by atoms with E-state index in [0.717, 1.165) is 5.56 Å². The Morgan fingerprint density at radius 2 is 2.00 bits per heavy atom. The lowest BCUT2D eigenvalue weighted by atomic mass is 10.1. The van der Waals surface area contributed by atoms with Gasteiger partial charge in [0.15, 0.2) is 0 Å². The van der Waals surface area contributed by atoms with Crippen LogP contribution in [0.1, 0.15) is 17.3 Å². The van der Waals surface area contributed by atoms with Gasteiger partial charge < -0.3 is 9.52 Å². The Balaban J connectivity index is 2.43. The van der Waals surface area contributed by atoms with Gasteiger partial charge in [0.25, 0.3) is 5.89 Å². The van der Waals surface area contributed by atoms with Gasteiger partial charge in [-0.3, -0.25) is 0 Å². The number of hydrogen-bond donors (Lipinski definition) is 1. The average molecular weight is 230 g/mol. The Labute approximate surface area is 97.4 Å². The molecular weight excluding hydrogens is 220 g/mol. The fourth-order valence-corrected chi connectivity index (χ4v) is 1.34. The van der Waals surface area contributed by atoms with Crippen molar-refractivity contribution in [3.63, 3.8) is 0 Å². The summed E-state index contributed by atoms with van der Waals surface area (Å²) in [6.45, 7) is 1.61. The van der Waals surface area contributed by atoms with Crippen molar-refractivity contribution in [2.24, 2.45) is 0 Å². The topological polar surface area (TPSA) is 76.2 Å². The molecule has 5 nitrogen and oxygen atoms in total. The van der Waals surface area contributed by atoms with Gasteiger partial charge in [-0.05, 0) is 11.6 Å². The molecule has 1 heterocycles. The molecule has 0 aliphatic heterocycles. The van der Waals surface area contributed by atoms with Crippen LogP contribution in [0, 0.1) is 6.92 Å². The van der Waals surface area contributed by atoms with Crippen molar-refractivity contribution in [3.8, 4) is 0 Å². The zero-order valence-corrected chi connectivity index (χ0v) is 9.12. The Morgan fingerprint density at radius 1 is 1.29 bits per heavy atom. The Kier molecular flexibility index (Phi) is 3.00. The van der Waals surface area contributed by atoms with Crippen molar-refractivity contribution >= 4 is 17.6 Å². The fourth-order valence-electron chi connectivity index (χ4n) is 1.34. The average Bonchev–Trinajstić information content (AvgIpc) is 2.73. The molecule has 0 amide bonds. The van der Waals surface area contributed by atoms with Crippen LogP contribution in [0.4, 0.5) is 0 Å². The van der Waals surface area contributed by atoms with Crippen LogP contribution in [0.25, 0.3) is 11.6 Å². The number of hydrogen-bond acceptors (Lipinski definition) is 4. The molecule has 0 spiro atoms. The first-order valence-corrected chi connectivity index (χ1v) is 4.97. The molecule has 0 atom stereocenters. The highest BCUT2D eigenvalue weighted by atomic mass is 16.4. The number of benzene rings is 1. The van der Waals surface area contributed by atoms with E-state index < -0.39 is 5.97 Å². The summed E-state index contributed by atoms with van der Waals surface area (Å²) in [5.41, 5.74) is 0.748. The normalized spacial score (nSPS) is 11.5. The predicted molar refractivity (Wildman–Crippen MR) is 61.0 cm³/mol. The molecule has 0 fully saturated rings. The lowest BCUT2D eigenvalue weighted by molar-refractivity contribution is -0.130. The zero-order valence-electron chi connectivity index (χ0n) is 9.12. The molecule has 17 heavy (non-hydrogen) atoms. The molecular formula is C12H10N2O3. The predicted octanol–water partition coefficient (Wildman–Crippen LogP) is 2.00. The van der Waals surface area contributed by atoms with Gasteiger partial charge in [-0.25, -0.2) is 4.79 Å². The molecule has 86 valence electrons. The lowest BCUT2D eigenvalue weighted by Gasteiger charge is -1.96. The third-order valence-electron chi connectivity index (χ3n) is 2.10. The van der Waals surface area contributed by atoms with Crippen molar-refractivity contribution < 1.29 is 14.3 Å². The SMILES string of the molecule is Cc1nnc(/C(=C\c2ccccc2)C(=O)O)o1. The summed E-state index contributed by atoms with van der Waals surface area (Å²) in [6.07, 6.45) is 1.50. The molecule has 1 aromatic carbocycles. The van der Waals surface area contributed by atoms with Crippen LogP contribution >= 0.6 is 0 Å². The standard InChI is InChI=1S/C12H10N2O3/c1-8-13-14-11(17-8)10(12(15)16)7-9-5-3-2-4-6-9/h2-7H,1H3,(H,15,16)/b10-7+. The number of carboxylic acids is 1. The number of carboxylic acid groups (broad SMARTS) is 1. The van der Waals surface area contributed by atoms with Crippen LogP contribution < -0.4 is 0 Å². The zero-order chi connectivity index (χ0) is 12.3. The van der Waals surface area contributed by atoms with Gasteiger partial charge in [-0.1, -0.05) is 30.3 Å². The van der Waals surface area contributed by atoms with Crippen LogP contribution in [0.5, 0.6) is 0 Å². The molecule has 0 bridgehead atoms. The van der Waals surface area contributed by atoms with E-state index in [1.807, 2.05) is 18.2 Å². The van der Waals surface area contributed by atoms with Crippen LogP contribution in [-0.2, 0) is 4.79 Å². The largest absolute Gasteiger partial charge is 0.477 e. The molecule has 0 saturated heterocycles. The van der Waals surface area contributed by atoms with Gasteiger partial charge in [-0.2, -0.15) is 0 Å². The second-order valence-corrected chi connectivity index (χ2v) is 3.40. The van der Waals surface area contributed by atoms with Gasteiger partial charge in [0.1, 0.15) is 5.57 Å². The highest BCUT2D eigenvalue weighted by Crippen LogP contribution is 2.17. The first-order valence-electron chi connectivity index (χ1n) is 4.97. The van der Waals surface area contributed by atoms with Gasteiger partial charge in [0.2, 0.25) is 5.89 Å². The molecule has 1 N–H and O–H groups in total. The molecule has 2 rings (SSSR count). The first-order chi connectivity index (χ1) is 8.16. The van der Waals surface area contributed by atoms with E-state index >= 15 is 0 Å². The Morgan fingerprint density at radius 3 is 2.53 bits per heavy atom. The number of aryl methyl sites for hydroxylation is 1. The minimum absolute atomic E-state index is 0.0128. The van der Waals surface area contributed by atoms with Crippen molar-refractivity contribution in [1.29, 1.82) is 0 Å². The van der Waals surface area contributed by atoms with Gasteiger partial charge in [0.05, 0.1) is 0 Å². The molecule has 0 unspecified atom stereocenters. The number of rotatable bonds is 3. The monoisotopic (exact) mass is 230 g/mol. The van der Waals surface area contributed by atoms with E-state index in [1.54, 1.807) is 19.1 Å². The minimum atomic E-state index is -1.10. The molecule has 0 aliphatic carbocycles. The van der Waals surface area contributed by atoms with E-state index in [1.165, 1.54) is 6.08 Å². The highest BCUT2D eigenvalue weighted by molar-refractivity contribution is 6.19. The van der Waals surface area contributed by atoms with Crippen molar-refractivity contribution in [3.05, 3.63) is 47.7 Å². The van der Waals surface area contributed by atoms with Crippen LogP contribution in [0.15, 0.2) is 34.7 Å². The lowest BCUT2D eigenvalue weighted by Crippen LogP contribution is -2.00. The third-order valence-corrected chi connectivity index (χ3v) is 2.10. The highest BCUT2D eigenvalue weighted by Gasteiger charge is 2.16. The third kappa shape index (κ3) is 2.57. The summed E-state index contributed by atoms with van der Waals surface area (Å²) in [5.74, 6) is -0.753. The summed E-state index contributed by atoms with van der Waals surface area (Å²) in [5, 5.41) is 16.4. The summed E-state index contributed by atoms with van der Waals surface area (Å²) < 4.78 is 5.11. The van der Waals surface area contributed by atoms with E-state index in [-0.39, 0.29) is 11.5 Å². The van der Waals surface area contributed by atoms with E-state index in [2.05, 4.69) is 10.2 Å². The Hall–Kier alpha value is -2.43. The number of aromatic nitrogens is 2. The van der Waals surface area contributed by atoms with Gasteiger partial charge in [0, 0.05) is 6.92 Å². The molecule has 0 aliphatic rings. The molecule has 5 heteroatoms. The van der Waals surface area contributed by atoms with Crippen molar-refractivity contribution in [2.45, 2.75) is 6.92 Å². The maximum absolute atomic E-state index is 11.1. The van der Waals surface area contributed by atoms with Crippen molar-refractivity contribution in [2.75, 3.05) is 0 Å². The quantitative estimate of drug-likeness (QED) is 0.816. The summed E-state index contributed by atoms with van der Waals surface area (Å²) >= 11 is 0. The molecule has 0 saturated carbocycles. The fraction of sp³-hybridized carbons (Fsp3) is 0.0833. The van der Waals surface area contributed by atoms with E-state index in [0.29, 0.717) is 5.89 Å². The van der Waals surface area contributed by atoms with Gasteiger partial charge >= 0.3 is 5.97 Å². The van der Waals surface area contributed by atoms with Crippen LogP contribution in [0.2, 0.25) is 0 Å². The minimum Gasteiger partial charge on any atom is -0.477 e. The molecule has 2 aromatic rings. The first kappa shape index (κ1) is 11.1. The summed E-state index contributed by atoms with van der Waals surface area (Å²) in [7, 11) is 0.